The predicted octanol–water partition coefficient (Wildman–Crippen LogP) is 2.35. The van der Waals surface area contributed by atoms with Gasteiger partial charge in [-0.15, -0.1) is 11.8 Å². The molecular weight excluding hydrogens is 256 g/mol. The van der Waals surface area contributed by atoms with Crippen LogP contribution in [0.3, 0.4) is 0 Å². The number of rotatable bonds is 3. The van der Waals surface area contributed by atoms with Crippen LogP contribution in [0.4, 0.5) is 0 Å². The van der Waals surface area contributed by atoms with Gasteiger partial charge in [-0.2, -0.15) is 0 Å². The van der Waals surface area contributed by atoms with Crippen LogP contribution in [0.25, 0.3) is 0 Å². The van der Waals surface area contributed by atoms with Crippen LogP contribution in [0.5, 0.6) is 0 Å². The van der Waals surface area contributed by atoms with Gasteiger partial charge in [0.15, 0.2) is 0 Å². The lowest BCUT2D eigenvalue weighted by Crippen LogP contribution is -2.38. The Labute approximate surface area is 111 Å². The summed E-state index contributed by atoms with van der Waals surface area (Å²) >= 11 is 7.69. The highest BCUT2D eigenvalue weighted by atomic mass is 35.5. The van der Waals surface area contributed by atoms with E-state index in [9.17, 15) is 5.11 Å². The van der Waals surface area contributed by atoms with Gasteiger partial charge in [-0.1, -0.05) is 11.6 Å². The fourth-order valence-electron chi connectivity index (χ4n) is 2.09. The third-order valence-electron chi connectivity index (χ3n) is 3.07. The molecule has 0 spiro atoms. The maximum Gasteiger partial charge on any atom is 0.109 e. The highest BCUT2D eigenvalue weighted by molar-refractivity contribution is 8.00. The second kappa shape index (κ2) is 5.59. The third kappa shape index (κ3) is 2.95. The molecule has 3 nitrogen and oxygen atoms in total. The number of hydrogen-bond acceptors (Lipinski definition) is 4. The van der Waals surface area contributed by atoms with Crippen LogP contribution in [-0.2, 0) is 0 Å². The molecule has 1 heterocycles. The van der Waals surface area contributed by atoms with Gasteiger partial charge >= 0.3 is 0 Å². The lowest BCUT2D eigenvalue weighted by atomic mass is 10.2. The molecule has 0 amide bonds. The van der Waals surface area contributed by atoms with E-state index in [0.717, 1.165) is 5.02 Å². The summed E-state index contributed by atoms with van der Waals surface area (Å²) in [6.07, 6.45) is 0. The van der Waals surface area contributed by atoms with Crippen molar-refractivity contribution in [2.24, 2.45) is 0 Å². The van der Waals surface area contributed by atoms with E-state index in [1.165, 1.54) is 4.90 Å². The van der Waals surface area contributed by atoms with Crippen molar-refractivity contribution in [3.05, 3.63) is 29.3 Å². The average Bonchev–Trinajstić information content (AvgIpc) is 2.59. The zero-order chi connectivity index (χ0) is 12.4. The lowest BCUT2D eigenvalue weighted by Gasteiger charge is -2.20. The average molecular weight is 273 g/mol. The van der Waals surface area contributed by atoms with E-state index in [4.69, 9.17) is 11.6 Å². The van der Waals surface area contributed by atoms with Gasteiger partial charge in [0.25, 0.3) is 0 Å². The molecule has 1 aliphatic heterocycles. The largest absolute Gasteiger partial charge is 0.380 e. The first kappa shape index (κ1) is 13.2. The number of hydrazine groups is 1. The van der Waals surface area contributed by atoms with E-state index < -0.39 is 0 Å². The summed E-state index contributed by atoms with van der Waals surface area (Å²) in [5.74, 6) is 0. The Kier molecular flexibility index (Phi) is 4.33. The molecule has 94 valence electrons. The zero-order valence-corrected chi connectivity index (χ0v) is 11.5. The lowest BCUT2D eigenvalue weighted by molar-refractivity contribution is 0.0593. The van der Waals surface area contributed by atoms with Crippen molar-refractivity contribution in [1.82, 2.24) is 10.4 Å². The molecule has 0 bridgehead atoms. The number of aliphatic hydroxyl groups excluding tert-OH is 1. The van der Waals surface area contributed by atoms with Crippen molar-refractivity contribution in [2.45, 2.75) is 36.1 Å². The Morgan fingerprint density at radius 3 is 2.53 bits per heavy atom. The number of aliphatic hydroxyl groups is 1. The monoisotopic (exact) mass is 272 g/mol. The van der Waals surface area contributed by atoms with Gasteiger partial charge in [0.05, 0.1) is 0 Å². The first-order valence-corrected chi connectivity index (χ1v) is 6.93. The topological polar surface area (TPSA) is 35.5 Å². The van der Waals surface area contributed by atoms with Crippen LogP contribution in [0.2, 0.25) is 5.02 Å². The maximum absolute atomic E-state index is 9.21. The molecule has 0 aromatic heterocycles. The molecule has 2 rings (SSSR count). The SMILES string of the molecule is CC1NN(CO)C(C)C1Sc1ccc(Cl)cc1. The van der Waals surface area contributed by atoms with Gasteiger partial charge in [-0.3, -0.25) is 0 Å². The first-order chi connectivity index (χ1) is 8.11. The van der Waals surface area contributed by atoms with Crippen LogP contribution in [0, 0.1) is 0 Å². The number of nitrogens with one attached hydrogen (secondary N) is 1. The van der Waals surface area contributed by atoms with Gasteiger partial charge < -0.3 is 5.11 Å². The van der Waals surface area contributed by atoms with Crippen molar-refractivity contribution < 1.29 is 5.11 Å². The Hall–Kier alpha value is -0.260. The van der Waals surface area contributed by atoms with E-state index in [2.05, 4.69) is 19.3 Å². The van der Waals surface area contributed by atoms with Gasteiger partial charge in [0.2, 0.25) is 0 Å². The van der Waals surface area contributed by atoms with Crippen molar-refractivity contribution in [3.8, 4) is 0 Å². The summed E-state index contributed by atoms with van der Waals surface area (Å²) < 4.78 is 0. The molecule has 3 atom stereocenters. The fraction of sp³-hybridized carbons (Fsp3) is 0.500. The molecule has 5 heteroatoms. The molecule has 1 aromatic rings. The Morgan fingerprint density at radius 2 is 2.00 bits per heavy atom. The Balaban J connectivity index is 2.05. The van der Waals surface area contributed by atoms with Crippen LogP contribution >= 0.6 is 23.4 Å². The van der Waals surface area contributed by atoms with Crippen LogP contribution < -0.4 is 5.43 Å². The number of thioether (sulfide) groups is 1. The summed E-state index contributed by atoms with van der Waals surface area (Å²) in [6, 6.07) is 8.53. The number of hydrogen-bond donors (Lipinski definition) is 2. The van der Waals surface area contributed by atoms with Gasteiger partial charge in [-0.05, 0) is 38.1 Å². The third-order valence-corrected chi connectivity index (χ3v) is 4.94. The van der Waals surface area contributed by atoms with Crippen LogP contribution in [0.15, 0.2) is 29.2 Å². The molecule has 17 heavy (non-hydrogen) atoms. The number of nitrogens with zero attached hydrogens (tertiary/aromatic N) is 1. The molecule has 1 fully saturated rings. The Bertz CT molecular complexity index is 373. The standard InChI is InChI=1S/C12H17ClN2OS/c1-8-12(9(2)15(7-16)14-8)17-11-5-3-10(13)4-6-11/h3-6,8-9,12,14,16H,7H2,1-2H3. The summed E-state index contributed by atoms with van der Waals surface area (Å²) in [7, 11) is 0. The zero-order valence-electron chi connectivity index (χ0n) is 9.93. The maximum atomic E-state index is 9.21. The first-order valence-electron chi connectivity index (χ1n) is 5.67. The quantitative estimate of drug-likeness (QED) is 0.886. The molecule has 1 aromatic carbocycles. The van der Waals surface area contributed by atoms with Gasteiger partial charge in [-0.25, -0.2) is 10.4 Å². The molecule has 0 aliphatic carbocycles. The van der Waals surface area contributed by atoms with Crippen LogP contribution in [-0.4, -0.2) is 34.2 Å². The molecule has 3 unspecified atom stereocenters. The fourth-order valence-corrected chi connectivity index (χ4v) is 3.43. The molecule has 2 N–H and O–H groups in total. The summed E-state index contributed by atoms with van der Waals surface area (Å²) in [6.45, 7) is 4.31. The van der Waals surface area contributed by atoms with E-state index in [1.807, 2.05) is 41.0 Å². The second-order valence-corrected chi connectivity index (χ2v) is 5.99. The second-order valence-electron chi connectivity index (χ2n) is 4.31. The molecule has 1 aliphatic rings. The minimum absolute atomic E-state index is 0.0448. The van der Waals surface area contributed by atoms with Crippen LogP contribution in [0.1, 0.15) is 13.8 Å². The highest BCUT2D eigenvalue weighted by Gasteiger charge is 2.36. The molecule has 0 saturated carbocycles. The van der Waals surface area contributed by atoms with Crippen molar-refractivity contribution in [3.63, 3.8) is 0 Å². The van der Waals surface area contributed by atoms with Gasteiger partial charge in [0, 0.05) is 27.3 Å². The van der Waals surface area contributed by atoms with E-state index in [1.54, 1.807) is 0 Å². The van der Waals surface area contributed by atoms with E-state index in [0.29, 0.717) is 17.3 Å². The minimum Gasteiger partial charge on any atom is -0.380 e. The minimum atomic E-state index is 0.0448. The van der Waals surface area contributed by atoms with Gasteiger partial charge in [0.1, 0.15) is 6.73 Å². The van der Waals surface area contributed by atoms with E-state index in [-0.39, 0.29) is 6.73 Å². The number of benzene rings is 1. The molecule has 1 saturated heterocycles. The Morgan fingerprint density at radius 1 is 1.35 bits per heavy atom. The van der Waals surface area contributed by atoms with Crippen molar-refractivity contribution in [1.29, 1.82) is 0 Å². The predicted molar refractivity (Wildman–Crippen MR) is 72.1 cm³/mol. The van der Waals surface area contributed by atoms with Crippen molar-refractivity contribution >= 4 is 23.4 Å². The van der Waals surface area contributed by atoms with E-state index >= 15 is 0 Å². The van der Waals surface area contributed by atoms with Crippen molar-refractivity contribution in [2.75, 3.05) is 6.73 Å². The smallest absolute Gasteiger partial charge is 0.109 e. The summed E-state index contributed by atoms with van der Waals surface area (Å²) in [4.78, 5) is 1.21. The normalized spacial score (nSPS) is 29.8. The highest BCUT2D eigenvalue weighted by Crippen LogP contribution is 2.33. The summed E-state index contributed by atoms with van der Waals surface area (Å²) in [5, 5.41) is 12.3. The molecule has 0 radical (unpaired) electrons. The molecular formula is C12H17ClN2OS. The number of halogens is 1. The summed E-state index contributed by atoms with van der Waals surface area (Å²) in [5.41, 5.74) is 3.27.